The zero-order valence-electron chi connectivity index (χ0n) is 18.6. The van der Waals surface area contributed by atoms with E-state index >= 15 is 0 Å². The second-order valence-corrected chi connectivity index (χ2v) is 9.97. The third-order valence-corrected chi connectivity index (χ3v) is 6.75. The summed E-state index contributed by atoms with van der Waals surface area (Å²) in [6.07, 6.45) is 3.33. The lowest BCUT2D eigenvalue weighted by molar-refractivity contribution is -0.0328. The third kappa shape index (κ3) is 5.80. The number of alkyl halides is 3. The number of thioether (sulfide) groups is 1. The Morgan fingerprint density at radius 3 is 2.52 bits per heavy atom. The number of aromatic nitrogens is 1. The molecule has 10 heteroatoms. The lowest BCUT2D eigenvalue weighted by Gasteiger charge is -2.31. The van der Waals surface area contributed by atoms with Crippen molar-refractivity contribution in [3.05, 3.63) is 53.9 Å². The average molecular weight is 481 g/mol. The number of benzene rings is 1. The number of carbonyl (C=O) groups is 1. The zero-order chi connectivity index (χ0) is 23.6. The van der Waals surface area contributed by atoms with Gasteiger partial charge in [0.1, 0.15) is 0 Å². The van der Waals surface area contributed by atoms with Gasteiger partial charge in [-0.2, -0.15) is 13.2 Å². The van der Waals surface area contributed by atoms with E-state index in [1.165, 1.54) is 12.1 Å². The summed E-state index contributed by atoms with van der Waals surface area (Å²) < 4.78 is 43.2. The van der Waals surface area contributed by atoms with Crippen LogP contribution in [0.25, 0.3) is 0 Å². The Kier molecular flexibility index (Phi) is 6.88. The molecule has 6 nitrogen and oxygen atoms in total. The number of hydrogen-bond acceptors (Lipinski definition) is 6. The first-order valence-corrected chi connectivity index (χ1v) is 11.6. The van der Waals surface area contributed by atoms with Crippen LogP contribution in [0.2, 0.25) is 0 Å². The molecule has 2 aromatic rings. The first-order chi connectivity index (χ1) is 15.6. The van der Waals surface area contributed by atoms with E-state index in [0.29, 0.717) is 45.1 Å². The van der Waals surface area contributed by atoms with Crippen LogP contribution in [0.1, 0.15) is 29.8 Å². The van der Waals surface area contributed by atoms with Crippen LogP contribution >= 0.6 is 11.8 Å². The van der Waals surface area contributed by atoms with Crippen LogP contribution in [0.5, 0.6) is 0 Å². The lowest BCUT2D eigenvalue weighted by Crippen LogP contribution is -2.42. The summed E-state index contributed by atoms with van der Waals surface area (Å²) in [5, 5.41) is 0. The number of nitrogens with zero attached hydrogens (tertiary/aromatic N) is 4. The zero-order valence-corrected chi connectivity index (χ0v) is 19.5. The van der Waals surface area contributed by atoms with Crippen molar-refractivity contribution < 1.29 is 22.7 Å². The summed E-state index contributed by atoms with van der Waals surface area (Å²) in [5.41, 5.74) is -2.11. The Hall–Kier alpha value is -2.30. The summed E-state index contributed by atoms with van der Waals surface area (Å²) in [4.78, 5) is 23.7. The largest absolute Gasteiger partial charge is 0.446 e. The number of rotatable bonds is 5. The number of morpholine rings is 1. The van der Waals surface area contributed by atoms with Crippen LogP contribution in [0.15, 0.2) is 47.6 Å². The van der Waals surface area contributed by atoms with Gasteiger partial charge in [-0.05, 0) is 61.5 Å². The molecular weight excluding hydrogens is 453 g/mol. The van der Waals surface area contributed by atoms with E-state index in [1.807, 2.05) is 6.07 Å². The molecule has 2 saturated heterocycles. The quantitative estimate of drug-likeness (QED) is 0.598. The van der Waals surface area contributed by atoms with E-state index in [1.54, 1.807) is 29.4 Å². The molecule has 1 aromatic carbocycles. The normalized spacial score (nSPS) is 19.2. The van der Waals surface area contributed by atoms with Gasteiger partial charge in [-0.1, -0.05) is 0 Å². The fourth-order valence-corrected chi connectivity index (χ4v) is 4.75. The van der Waals surface area contributed by atoms with Crippen LogP contribution in [0.4, 0.5) is 18.9 Å². The maximum atomic E-state index is 13.1. The number of ether oxygens (including phenoxy) is 1. The first-order valence-electron chi connectivity index (χ1n) is 10.8. The van der Waals surface area contributed by atoms with Gasteiger partial charge in [0, 0.05) is 54.7 Å². The van der Waals surface area contributed by atoms with Gasteiger partial charge < -0.3 is 14.5 Å². The smallest absolute Gasteiger partial charge is 0.378 e. The molecule has 0 N–H and O–H groups in total. The monoisotopic (exact) mass is 480 g/mol. The SMILES string of the molecule is CC1(C)CN(c2ccc(SC(F)(F)F)cc2)CN1Cc1ccncc1C(=O)N1CCOCC1. The lowest BCUT2D eigenvalue weighted by atomic mass is 10.0. The molecule has 0 spiro atoms. The molecule has 2 fully saturated rings. The molecule has 2 aliphatic heterocycles. The number of amides is 1. The first kappa shape index (κ1) is 23.8. The summed E-state index contributed by atoms with van der Waals surface area (Å²) >= 11 is -0.109. The molecule has 0 saturated carbocycles. The number of halogens is 3. The molecular formula is C23H27F3N4O2S. The van der Waals surface area contributed by atoms with E-state index < -0.39 is 5.51 Å². The third-order valence-electron chi connectivity index (χ3n) is 6.01. The van der Waals surface area contributed by atoms with Crippen molar-refractivity contribution in [1.82, 2.24) is 14.8 Å². The van der Waals surface area contributed by atoms with Crippen LogP contribution in [0.3, 0.4) is 0 Å². The van der Waals surface area contributed by atoms with Crippen LogP contribution in [-0.4, -0.2) is 71.3 Å². The minimum Gasteiger partial charge on any atom is -0.378 e. The molecule has 4 rings (SSSR count). The fraction of sp³-hybridized carbons (Fsp3) is 0.478. The highest BCUT2D eigenvalue weighted by atomic mass is 32.2. The molecule has 0 radical (unpaired) electrons. The molecule has 2 aliphatic rings. The van der Waals surface area contributed by atoms with Crippen LogP contribution in [0, 0.1) is 0 Å². The van der Waals surface area contributed by atoms with E-state index in [-0.39, 0.29) is 28.1 Å². The molecule has 1 aromatic heterocycles. The van der Waals surface area contributed by atoms with Crippen molar-refractivity contribution in [2.24, 2.45) is 0 Å². The summed E-state index contributed by atoms with van der Waals surface area (Å²) in [6.45, 7) is 8.36. The van der Waals surface area contributed by atoms with Crippen molar-refractivity contribution in [3.8, 4) is 0 Å². The van der Waals surface area contributed by atoms with Gasteiger partial charge in [0.25, 0.3) is 5.91 Å². The Balaban J connectivity index is 1.48. The van der Waals surface area contributed by atoms with Gasteiger partial charge >= 0.3 is 5.51 Å². The second-order valence-electron chi connectivity index (χ2n) is 8.83. The predicted octanol–water partition coefficient (Wildman–Crippen LogP) is 4.22. The van der Waals surface area contributed by atoms with Gasteiger partial charge in [-0.3, -0.25) is 14.7 Å². The molecule has 3 heterocycles. The van der Waals surface area contributed by atoms with Crippen molar-refractivity contribution in [2.75, 3.05) is 44.4 Å². The minimum atomic E-state index is -4.30. The van der Waals surface area contributed by atoms with E-state index in [2.05, 4.69) is 28.6 Å². The van der Waals surface area contributed by atoms with E-state index in [4.69, 9.17) is 4.74 Å². The average Bonchev–Trinajstić information content (AvgIpc) is 3.07. The highest BCUT2D eigenvalue weighted by Gasteiger charge is 2.38. The van der Waals surface area contributed by atoms with Crippen molar-refractivity contribution >= 4 is 23.4 Å². The Morgan fingerprint density at radius 2 is 1.85 bits per heavy atom. The Labute approximate surface area is 195 Å². The Morgan fingerprint density at radius 1 is 1.15 bits per heavy atom. The maximum absolute atomic E-state index is 13.1. The second kappa shape index (κ2) is 9.52. The molecule has 0 unspecified atom stereocenters. The van der Waals surface area contributed by atoms with Crippen molar-refractivity contribution in [1.29, 1.82) is 0 Å². The Bertz CT molecular complexity index is 978. The minimum absolute atomic E-state index is 0.0342. The van der Waals surface area contributed by atoms with Crippen LogP contribution < -0.4 is 4.90 Å². The number of pyridine rings is 1. The van der Waals surface area contributed by atoms with Gasteiger partial charge in [0.05, 0.1) is 25.4 Å². The number of anilines is 1. The van der Waals surface area contributed by atoms with Crippen molar-refractivity contribution in [2.45, 2.75) is 36.3 Å². The predicted molar refractivity (Wildman–Crippen MR) is 121 cm³/mol. The highest BCUT2D eigenvalue weighted by molar-refractivity contribution is 8.00. The summed E-state index contributed by atoms with van der Waals surface area (Å²) in [6, 6.07) is 8.35. The molecule has 0 atom stereocenters. The number of carbonyl (C=O) groups excluding carboxylic acids is 1. The standard InChI is InChI=1S/C23H27F3N4O2S/c1-22(2)15-29(18-3-5-19(6-4-18)33-23(24,25)26)16-30(22)14-17-7-8-27-13-20(17)21(31)28-9-11-32-12-10-28/h3-8,13H,9-12,14-16H2,1-2H3. The molecule has 33 heavy (non-hydrogen) atoms. The van der Waals surface area contributed by atoms with Gasteiger partial charge in [0.15, 0.2) is 0 Å². The summed E-state index contributed by atoms with van der Waals surface area (Å²) in [5.74, 6) is -0.0342. The van der Waals surface area contributed by atoms with E-state index in [0.717, 1.165) is 17.8 Å². The number of hydrogen-bond donors (Lipinski definition) is 0. The van der Waals surface area contributed by atoms with Gasteiger partial charge in [-0.15, -0.1) is 0 Å². The van der Waals surface area contributed by atoms with Crippen molar-refractivity contribution in [3.63, 3.8) is 0 Å². The summed E-state index contributed by atoms with van der Waals surface area (Å²) in [7, 11) is 0. The highest BCUT2D eigenvalue weighted by Crippen LogP contribution is 2.38. The van der Waals surface area contributed by atoms with Gasteiger partial charge in [0.2, 0.25) is 0 Å². The fourth-order valence-electron chi connectivity index (χ4n) is 4.21. The molecule has 178 valence electrons. The molecule has 0 bridgehead atoms. The van der Waals surface area contributed by atoms with Gasteiger partial charge in [-0.25, -0.2) is 0 Å². The van der Waals surface area contributed by atoms with E-state index in [9.17, 15) is 18.0 Å². The maximum Gasteiger partial charge on any atom is 0.446 e. The molecule has 1 amide bonds. The van der Waals surface area contributed by atoms with Crippen LogP contribution in [-0.2, 0) is 11.3 Å². The topological polar surface area (TPSA) is 48.9 Å². The molecule has 0 aliphatic carbocycles.